The number of ketones is 1. The van der Waals surface area contributed by atoms with Gasteiger partial charge in [-0.3, -0.25) is 14.5 Å². The van der Waals surface area contributed by atoms with Crippen molar-refractivity contribution in [3.63, 3.8) is 0 Å². The average molecular weight is 577 g/mol. The Morgan fingerprint density at radius 2 is 1.86 bits per heavy atom. The number of nitrogens with zero attached hydrogens (tertiary/aromatic N) is 4. The molecule has 3 aromatic rings. The number of imidazole rings is 1. The molecule has 0 saturated carbocycles. The number of fused-ring (bicyclic) bond motifs is 1. The van der Waals surface area contributed by atoms with Crippen LogP contribution in [-0.2, 0) is 14.3 Å². The predicted molar refractivity (Wildman–Crippen MR) is 159 cm³/mol. The molecule has 10 heteroatoms. The van der Waals surface area contributed by atoms with Gasteiger partial charge in [0.25, 0.3) is 11.7 Å². The quantitative estimate of drug-likeness (QED) is 0.205. The molecule has 10 nitrogen and oxygen atoms in total. The minimum atomic E-state index is -0.806. The van der Waals surface area contributed by atoms with Crippen molar-refractivity contribution in [1.82, 2.24) is 19.2 Å². The Morgan fingerprint density at radius 3 is 2.57 bits per heavy atom. The van der Waals surface area contributed by atoms with Crippen molar-refractivity contribution < 1.29 is 28.9 Å². The Kier molecular flexibility index (Phi) is 9.13. The summed E-state index contributed by atoms with van der Waals surface area (Å²) in [6.07, 6.45) is 3.38. The molecule has 5 rings (SSSR count). The van der Waals surface area contributed by atoms with Gasteiger partial charge in [0, 0.05) is 32.4 Å². The Bertz CT molecular complexity index is 1490. The molecule has 1 aromatic carbocycles. The largest absolute Gasteiger partial charge is 0.505 e. The van der Waals surface area contributed by atoms with Gasteiger partial charge in [0.2, 0.25) is 0 Å². The molecule has 2 fully saturated rings. The summed E-state index contributed by atoms with van der Waals surface area (Å²) in [6.45, 7) is 12.8. The van der Waals surface area contributed by atoms with Crippen LogP contribution in [0.5, 0.6) is 11.5 Å². The van der Waals surface area contributed by atoms with Crippen LogP contribution in [0.3, 0.4) is 0 Å². The number of hydrogen-bond acceptors (Lipinski definition) is 8. The molecule has 1 N–H and O–H groups in total. The third-order valence-electron chi connectivity index (χ3n) is 7.87. The number of hydrogen-bond donors (Lipinski definition) is 1. The topological polar surface area (TPSA) is 106 Å². The number of carbonyl (C=O) groups is 2. The average Bonchev–Trinajstić information content (AvgIpc) is 3.47. The first-order valence-electron chi connectivity index (χ1n) is 14.8. The van der Waals surface area contributed by atoms with Gasteiger partial charge < -0.3 is 28.6 Å². The Labute approximate surface area is 246 Å². The standard InChI is InChI=1S/C32H40N4O6/c1-5-17-42-24-11-10-23(20-25(24)41-6-2)28-26(29(37)27-22(4)35-13-7-9-21(3)31(35)33-27)30(38)32(39)36(28)14-8-12-34-15-18-40-19-16-34/h7,9-11,13,20,28,37H,5-6,8,12,14-19H2,1-4H3. The second-order valence-corrected chi connectivity index (χ2v) is 10.7. The molecule has 0 aliphatic carbocycles. The molecule has 1 atom stereocenters. The molecule has 4 heterocycles. The van der Waals surface area contributed by atoms with Gasteiger partial charge in [0.15, 0.2) is 17.3 Å². The molecule has 1 unspecified atom stereocenters. The van der Waals surface area contributed by atoms with E-state index in [1.54, 1.807) is 4.90 Å². The summed E-state index contributed by atoms with van der Waals surface area (Å²) >= 11 is 0. The summed E-state index contributed by atoms with van der Waals surface area (Å²) in [7, 11) is 0. The number of aliphatic hydroxyl groups is 1. The highest BCUT2D eigenvalue weighted by Gasteiger charge is 2.46. The molecule has 2 aliphatic heterocycles. The number of rotatable bonds is 11. The second-order valence-electron chi connectivity index (χ2n) is 10.7. The van der Waals surface area contributed by atoms with Gasteiger partial charge in [-0.2, -0.15) is 0 Å². The van der Waals surface area contributed by atoms with E-state index in [0.29, 0.717) is 67.8 Å². The number of Topliss-reactive ketones (excluding diaryl/α,β-unsaturated/α-hetero) is 1. The maximum atomic E-state index is 13.7. The minimum absolute atomic E-state index is 0.0280. The fourth-order valence-corrected chi connectivity index (χ4v) is 5.71. The van der Waals surface area contributed by atoms with Gasteiger partial charge in [-0.25, -0.2) is 4.98 Å². The van der Waals surface area contributed by atoms with Crippen LogP contribution in [0.1, 0.15) is 55.2 Å². The number of aryl methyl sites for hydroxylation is 2. The normalized spacial score (nSPS) is 19.1. The lowest BCUT2D eigenvalue weighted by Crippen LogP contribution is -2.39. The Balaban J connectivity index is 1.58. The summed E-state index contributed by atoms with van der Waals surface area (Å²) in [5, 5.41) is 11.7. The number of pyridine rings is 1. The third-order valence-corrected chi connectivity index (χ3v) is 7.87. The van der Waals surface area contributed by atoms with Crippen molar-refractivity contribution in [3.05, 3.63) is 64.6 Å². The van der Waals surface area contributed by atoms with E-state index in [4.69, 9.17) is 19.2 Å². The molecule has 0 spiro atoms. The molecular weight excluding hydrogens is 536 g/mol. The van der Waals surface area contributed by atoms with Gasteiger partial charge in [0.1, 0.15) is 11.3 Å². The number of morpholine rings is 1. The summed E-state index contributed by atoms with van der Waals surface area (Å²) < 4.78 is 19.1. The zero-order chi connectivity index (χ0) is 29.8. The van der Waals surface area contributed by atoms with Crippen LogP contribution in [0.25, 0.3) is 11.4 Å². The number of aliphatic hydroxyl groups excluding tert-OH is 1. The van der Waals surface area contributed by atoms with E-state index in [9.17, 15) is 14.7 Å². The Hall–Kier alpha value is -3.89. The predicted octanol–water partition coefficient (Wildman–Crippen LogP) is 4.28. The minimum Gasteiger partial charge on any atom is -0.505 e. The lowest BCUT2D eigenvalue weighted by atomic mass is 9.96. The van der Waals surface area contributed by atoms with Gasteiger partial charge >= 0.3 is 0 Å². The lowest BCUT2D eigenvalue weighted by Gasteiger charge is -2.29. The summed E-state index contributed by atoms with van der Waals surface area (Å²) in [5.74, 6) is -0.508. The lowest BCUT2D eigenvalue weighted by molar-refractivity contribution is -0.140. The molecule has 2 aliphatic rings. The molecule has 42 heavy (non-hydrogen) atoms. The number of benzene rings is 1. The smallest absolute Gasteiger partial charge is 0.295 e. The number of aromatic nitrogens is 2. The summed E-state index contributed by atoms with van der Waals surface area (Å²) in [6, 6.07) is 8.51. The zero-order valence-electron chi connectivity index (χ0n) is 24.9. The van der Waals surface area contributed by atoms with Crippen molar-refractivity contribution in [2.24, 2.45) is 0 Å². The van der Waals surface area contributed by atoms with Gasteiger partial charge in [-0.05, 0) is 62.9 Å². The fourth-order valence-electron chi connectivity index (χ4n) is 5.71. The van der Waals surface area contributed by atoms with Crippen molar-refractivity contribution in [2.45, 2.75) is 46.6 Å². The van der Waals surface area contributed by atoms with E-state index in [1.165, 1.54) is 0 Å². The summed E-state index contributed by atoms with van der Waals surface area (Å²) in [4.78, 5) is 35.8. The first-order valence-corrected chi connectivity index (χ1v) is 14.8. The van der Waals surface area contributed by atoms with Crippen LogP contribution in [0.2, 0.25) is 0 Å². The molecule has 0 bridgehead atoms. The maximum Gasteiger partial charge on any atom is 0.295 e. The highest BCUT2D eigenvalue weighted by molar-refractivity contribution is 6.46. The monoisotopic (exact) mass is 576 g/mol. The second kappa shape index (κ2) is 13.0. The van der Waals surface area contributed by atoms with Gasteiger partial charge in [0.05, 0.1) is 43.7 Å². The van der Waals surface area contributed by atoms with E-state index in [1.807, 2.05) is 68.6 Å². The van der Waals surface area contributed by atoms with Crippen LogP contribution >= 0.6 is 0 Å². The molecule has 1 amide bonds. The van der Waals surface area contributed by atoms with E-state index < -0.39 is 17.7 Å². The van der Waals surface area contributed by atoms with E-state index in [0.717, 1.165) is 31.6 Å². The molecule has 2 aromatic heterocycles. The highest BCUT2D eigenvalue weighted by Crippen LogP contribution is 2.42. The third kappa shape index (κ3) is 5.73. The van der Waals surface area contributed by atoms with Gasteiger partial charge in [-0.15, -0.1) is 0 Å². The van der Waals surface area contributed by atoms with Gasteiger partial charge in [-0.1, -0.05) is 19.1 Å². The van der Waals surface area contributed by atoms with Crippen molar-refractivity contribution in [1.29, 1.82) is 0 Å². The maximum absolute atomic E-state index is 13.7. The molecule has 2 saturated heterocycles. The van der Waals surface area contributed by atoms with E-state index >= 15 is 0 Å². The first-order chi connectivity index (χ1) is 20.3. The van der Waals surface area contributed by atoms with Crippen LogP contribution < -0.4 is 9.47 Å². The van der Waals surface area contributed by atoms with Crippen molar-refractivity contribution in [2.75, 3.05) is 52.6 Å². The van der Waals surface area contributed by atoms with E-state index in [2.05, 4.69) is 4.90 Å². The number of amides is 1. The zero-order valence-corrected chi connectivity index (χ0v) is 24.9. The fraction of sp³-hybridized carbons (Fsp3) is 0.469. The molecule has 224 valence electrons. The number of carbonyl (C=O) groups excluding carboxylic acids is 2. The van der Waals surface area contributed by atoms with E-state index in [-0.39, 0.29) is 17.0 Å². The van der Waals surface area contributed by atoms with Crippen LogP contribution in [0.4, 0.5) is 0 Å². The van der Waals surface area contributed by atoms with Crippen molar-refractivity contribution in [3.8, 4) is 11.5 Å². The van der Waals surface area contributed by atoms with Crippen molar-refractivity contribution >= 4 is 23.1 Å². The highest BCUT2D eigenvalue weighted by atomic mass is 16.5. The number of ether oxygens (including phenoxy) is 3. The number of likely N-dealkylation sites (tertiary alicyclic amines) is 1. The van der Waals surface area contributed by atoms with Crippen LogP contribution in [-0.4, -0.2) is 88.6 Å². The Morgan fingerprint density at radius 1 is 1.07 bits per heavy atom. The molecule has 0 radical (unpaired) electrons. The SMILES string of the molecule is CCCOc1ccc(C2C(=C(O)c3nc4c(C)cccn4c3C)C(=O)C(=O)N2CCCN2CCOCC2)cc1OCC. The molecular formula is C32H40N4O6. The van der Waals surface area contributed by atoms with Crippen LogP contribution in [0.15, 0.2) is 42.1 Å². The first kappa shape index (κ1) is 29.6. The summed E-state index contributed by atoms with van der Waals surface area (Å²) in [5.41, 5.74) is 3.27. The van der Waals surface area contributed by atoms with Crippen LogP contribution in [0, 0.1) is 13.8 Å².